The number of hydrogen-bond acceptors (Lipinski definition) is 3. The van der Waals surface area contributed by atoms with Crippen molar-refractivity contribution in [2.75, 3.05) is 0 Å². The maximum Gasteiger partial charge on any atom is 0.141 e. The number of nitrogens with zero attached hydrogens (tertiary/aromatic N) is 4. The van der Waals surface area contributed by atoms with E-state index in [9.17, 15) is 5.11 Å². The Morgan fingerprint density at radius 1 is 0.788 bits per heavy atom. The number of aromatic nitrogens is 4. The maximum absolute atomic E-state index is 10.3. The van der Waals surface area contributed by atoms with Crippen LogP contribution in [0.15, 0.2) is 79.0 Å². The van der Waals surface area contributed by atoms with Crippen LogP contribution in [0.5, 0.6) is 5.75 Å². The third-order valence-electron chi connectivity index (χ3n) is 5.98. The normalized spacial score (nSPS) is 11.5. The van der Waals surface area contributed by atoms with E-state index < -0.39 is 0 Å². The van der Waals surface area contributed by atoms with E-state index in [1.165, 1.54) is 0 Å². The Labute approximate surface area is 205 Å². The molecule has 0 spiro atoms. The standard InChI is InChI=1S/C27H21N4O.Pt/c1-16(2)31-22-10-5-8-19(21-13-12-17-7-4-11-23(32)25(17)29-21)26(22)30-27(31)20-9-3-6-18-14-15-28-24(18)20;/h3-16H,1-2H3,(H-,28,29,30,32);/q-1;. The molecule has 166 valence electrons. The zero-order valence-electron chi connectivity index (χ0n) is 18.1. The molecule has 3 heterocycles. The third-order valence-corrected chi connectivity index (χ3v) is 5.98. The van der Waals surface area contributed by atoms with Crippen LogP contribution in [0.1, 0.15) is 19.9 Å². The summed E-state index contributed by atoms with van der Waals surface area (Å²) in [6.07, 6.45) is 1.84. The van der Waals surface area contributed by atoms with Crippen molar-refractivity contribution in [1.29, 1.82) is 0 Å². The van der Waals surface area contributed by atoms with Crippen LogP contribution in [0.4, 0.5) is 0 Å². The zero-order valence-corrected chi connectivity index (χ0v) is 20.4. The van der Waals surface area contributed by atoms with E-state index in [-0.39, 0.29) is 32.9 Å². The summed E-state index contributed by atoms with van der Waals surface area (Å²) in [6.45, 7) is 4.34. The van der Waals surface area contributed by atoms with Gasteiger partial charge in [0.1, 0.15) is 17.1 Å². The van der Waals surface area contributed by atoms with E-state index >= 15 is 0 Å². The molecule has 0 aliphatic carbocycles. The number of aromatic hydroxyl groups is 1. The van der Waals surface area contributed by atoms with Gasteiger partial charge < -0.3 is 14.7 Å². The van der Waals surface area contributed by atoms with Gasteiger partial charge in [-0.15, -0.1) is 5.52 Å². The van der Waals surface area contributed by atoms with Gasteiger partial charge in [-0.05, 0) is 37.4 Å². The van der Waals surface area contributed by atoms with E-state index in [1.54, 1.807) is 6.07 Å². The van der Waals surface area contributed by atoms with Crippen LogP contribution in [0.2, 0.25) is 0 Å². The van der Waals surface area contributed by atoms with Crippen molar-refractivity contribution in [3.05, 3.63) is 79.0 Å². The quantitative estimate of drug-likeness (QED) is 0.255. The van der Waals surface area contributed by atoms with Crippen molar-refractivity contribution < 1.29 is 26.2 Å². The molecule has 0 bridgehead atoms. The topological polar surface area (TPSA) is 65.0 Å². The molecular weight excluding hydrogens is 591 g/mol. The Kier molecular flexibility index (Phi) is 5.30. The second kappa shape index (κ2) is 8.16. The van der Waals surface area contributed by atoms with Crippen LogP contribution in [-0.4, -0.2) is 19.6 Å². The Hall–Kier alpha value is -3.43. The fraction of sp³-hybridized carbons (Fsp3) is 0.111. The molecule has 6 aromatic rings. The van der Waals surface area contributed by atoms with Crippen molar-refractivity contribution in [1.82, 2.24) is 19.5 Å². The summed E-state index contributed by atoms with van der Waals surface area (Å²) < 4.78 is 2.26. The summed E-state index contributed by atoms with van der Waals surface area (Å²) in [6, 6.07) is 24.1. The molecule has 3 aromatic heterocycles. The first-order chi connectivity index (χ1) is 15.6. The number of hydrogen-bond donors (Lipinski definition) is 1. The molecule has 6 heteroatoms. The van der Waals surface area contributed by atoms with Gasteiger partial charge in [0, 0.05) is 43.6 Å². The SMILES string of the molecule is CC(C)n1c(-c2cccc3cc[n-]c23)nc2c(-c3ccc4cccc(O)c4n3)cccc21.[Pt]. The predicted octanol–water partition coefficient (Wildman–Crippen LogP) is 6.31. The fourth-order valence-corrected chi connectivity index (χ4v) is 4.53. The van der Waals surface area contributed by atoms with Crippen molar-refractivity contribution >= 4 is 32.8 Å². The summed E-state index contributed by atoms with van der Waals surface area (Å²) >= 11 is 0. The van der Waals surface area contributed by atoms with Crippen LogP contribution < -0.4 is 4.98 Å². The second-order valence-electron chi connectivity index (χ2n) is 8.31. The first-order valence-corrected chi connectivity index (χ1v) is 10.7. The molecule has 0 unspecified atom stereocenters. The maximum atomic E-state index is 10.3. The van der Waals surface area contributed by atoms with Gasteiger partial charge in [0.15, 0.2) is 0 Å². The predicted molar refractivity (Wildman–Crippen MR) is 129 cm³/mol. The molecular formula is C27H21N4OPt-. The zero-order chi connectivity index (χ0) is 21.8. The van der Waals surface area contributed by atoms with Crippen LogP contribution in [0, 0.1) is 0 Å². The summed E-state index contributed by atoms with van der Waals surface area (Å²) in [5.74, 6) is 1.08. The van der Waals surface area contributed by atoms with Crippen LogP contribution in [0.3, 0.4) is 0 Å². The van der Waals surface area contributed by atoms with Gasteiger partial charge in [0.05, 0.1) is 16.7 Å². The Balaban J connectivity index is 0.00000228. The van der Waals surface area contributed by atoms with E-state index in [1.807, 2.05) is 48.7 Å². The number of para-hydroxylation sites is 3. The molecule has 1 N–H and O–H groups in total. The first kappa shape index (κ1) is 21.4. The molecule has 0 atom stereocenters. The Morgan fingerprint density at radius 3 is 2.39 bits per heavy atom. The number of imidazole rings is 1. The minimum Gasteiger partial charge on any atom is -0.663 e. The van der Waals surface area contributed by atoms with E-state index in [4.69, 9.17) is 9.97 Å². The molecule has 3 aromatic carbocycles. The van der Waals surface area contributed by atoms with E-state index in [0.717, 1.165) is 50.0 Å². The molecule has 0 aliphatic rings. The summed E-state index contributed by atoms with van der Waals surface area (Å²) in [7, 11) is 0. The van der Waals surface area contributed by atoms with Crippen molar-refractivity contribution in [2.24, 2.45) is 0 Å². The smallest absolute Gasteiger partial charge is 0.141 e. The van der Waals surface area contributed by atoms with Crippen LogP contribution >= 0.6 is 0 Å². The summed E-state index contributed by atoms with van der Waals surface area (Å²) in [5, 5.41) is 12.3. The van der Waals surface area contributed by atoms with E-state index in [0.29, 0.717) is 5.52 Å². The Bertz CT molecular complexity index is 1630. The number of benzene rings is 3. The van der Waals surface area contributed by atoms with Gasteiger partial charge >= 0.3 is 0 Å². The van der Waals surface area contributed by atoms with Gasteiger partial charge in [0.25, 0.3) is 0 Å². The van der Waals surface area contributed by atoms with Gasteiger partial charge in [-0.25, -0.2) is 9.97 Å². The number of phenols is 1. The summed E-state index contributed by atoms with van der Waals surface area (Å²) in [4.78, 5) is 14.5. The molecule has 0 aliphatic heterocycles. The van der Waals surface area contributed by atoms with Gasteiger partial charge in [-0.2, -0.15) is 6.20 Å². The molecule has 33 heavy (non-hydrogen) atoms. The van der Waals surface area contributed by atoms with Crippen LogP contribution in [-0.2, 0) is 21.1 Å². The molecule has 6 rings (SSSR count). The monoisotopic (exact) mass is 612 g/mol. The molecule has 0 amide bonds. The fourth-order valence-electron chi connectivity index (χ4n) is 4.53. The molecule has 0 saturated carbocycles. The number of phenolic OH excluding ortho intramolecular Hbond substituents is 1. The van der Waals surface area contributed by atoms with Crippen molar-refractivity contribution in [3.63, 3.8) is 0 Å². The Morgan fingerprint density at radius 2 is 1.55 bits per heavy atom. The minimum atomic E-state index is 0. The van der Waals surface area contributed by atoms with E-state index in [2.05, 4.69) is 47.7 Å². The first-order valence-electron chi connectivity index (χ1n) is 10.7. The number of fused-ring (bicyclic) bond motifs is 3. The second-order valence-corrected chi connectivity index (χ2v) is 8.31. The number of pyridine rings is 1. The molecule has 0 radical (unpaired) electrons. The summed E-state index contributed by atoms with van der Waals surface area (Å²) in [5.41, 5.74) is 6.24. The van der Waals surface area contributed by atoms with Gasteiger partial charge in [-0.3, -0.25) is 0 Å². The third kappa shape index (κ3) is 3.35. The van der Waals surface area contributed by atoms with Crippen molar-refractivity contribution in [3.8, 4) is 28.4 Å². The molecule has 0 fully saturated rings. The average molecular weight is 613 g/mol. The molecule has 0 saturated heterocycles. The van der Waals surface area contributed by atoms with Gasteiger partial charge in [0.2, 0.25) is 0 Å². The molecule has 5 nitrogen and oxygen atoms in total. The van der Waals surface area contributed by atoms with Gasteiger partial charge in [-0.1, -0.05) is 54.6 Å². The largest absolute Gasteiger partial charge is 0.663 e. The van der Waals surface area contributed by atoms with Crippen LogP contribution in [0.25, 0.3) is 55.5 Å². The minimum absolute atomic E-state index is 0. The average Bonchev–Trinajstić information content (AvgIpc) is 3.43. The van der Waals surface area contributed by atoms with Crippen molar-refractivity contribution in [2.45, 2.75) is 19.9 Å². The number of rotatable bonds is 3.